The fourth-order valence-electron chi connectivity index (χ4n) is 1.97. The Morgan fingerprint density at radius 3 is 2.80 bits per heavy atom. The minimum Gasteiger partial charge on any atom is -0.481 e. The summed E-state index contributed by atoms with van der Waals surface area (Å²) in [5.74, 6) is -0.0622. The van der Waals surface area contributed by atoms with E-state index in [1.165, 1.54) is 17.7 Å². The number of halogens is 2. The number of nitrogen functional groups attached to an aromatic ring is 1. The van der Waals surface area contributed by atoms with Crippen LogP contribution >= 0.6 is 11.6 Å². The van der Waals surface area contributed by atoms with E-state index in [0.29, 0.717) is 17.0 Å². The highest BCUT2D eigenvalue weighted by Gasteiger charge is 2.16. The number of anilines is 1. The fourth-order valence-corrected chi connectivity index (χ4v) is 2.14. The molecule has 0 atom stereocenters. The highest BCUT2D eigenvalue weighted by atomic mass is 35.5. The van der Waals surface area contributed by atoms with Crippen molar-refractivity contribution in [3.8, 4) is 11.6 Å². The van der Waals surface area contributed by atoms with Crippen molar-refractivity contribution in [3.05, 3.63) is 41.2 Å². The van der Waals surface area contributed by atoms with E-state index in [1.54, 1.807) is 24.3 Å². The SMILES string of the molecule is COc1ccc2nc(N)n(-c3cccc(Cl)c3F)c2n1. The van der Waals surface area contributed by atoms with Gasteiger partial charge in [0.15, 0.2) is 11.5 Å². The van der Waals surface area contributed by atoms with Gasteiger partial charge in [0.25, 0.3) is 0 Å². The zero-order valence-electron chi connectivity index (χ0n) is 10.5. The maximum atomic E-state index is 14.2. The molecule has 0 unspecified atom stereocenters. The summed E-state index contributed by atoms with van der Waals surface area (Å²) in [5.41, 5.74) is 7.00. The first-order chi connectivity index (χ1) is 9.61. The fraction of sp³-hybridized carbons (Fsp3) is 0.0769. The smallest absolute Gasteiger partial charge is 0.215 e. The summed E-state index contributed by atoms with van der Waals surface area (Å²) in [6, 6.07) is 8.01. The van der Waals surface area contributed by atoms with Gasteiger partial charge in [0.1, 0.15) is 5.52 Å². The molecule has 7 heteroatoms. The predicted octanol–water partition coefficient (Wildman–Crippen LogP) is 2.80. The average Bonchev–Trinajstić information content (AvgIpc) is 2.77. The van der Waals surface area contributed by atoms with Crippen LogP contribution in [0.1, 0.15) is 0 Å². The Kier molecular flexibility index (Phi) is 2.94. The van der Waals surface area contributed by atoms with E-state index >= 15 is 0 Å². The van der Waals surface area contributed by atoms with Crippen LogP contribution in [0, 0.1) is 5.82 Å². The number of hydrogen-bond acceptors (Lipinski definition) is 4. The van der Waals surface area contributed by atoms with Crippen molar-refractivity contribution >= 4 is 28.7 Å². The number of imidazole rings is 1. The van der Waals surface area contributed by atoms with E-state index in [0.717, 1.165) is 0 Å². The topological polar surface area (TPSA) is 66.0 Å². The Bertz CT molecular complexity index is 802. The van der Waals surface area contributed by atoms with Crippen molar-refractivity contribution in [3.63, 3.8) is 0 Å². The zero-order valence-corrected chi connectivity index (χ0v) is 11.2. The van der Waals surface area contributed by atoms with Gasteiger partial charge in [-0.1, -0.05) is 17.7 Å². The second kappa shape index (κ2) is 4.64. The predicted molar refractivity (Wildman–Crippen MR) is 74.8 cm³/mol. The molecule has 2 N–H and O–H groups in total. The van der Waals surface area contributed by atoms with Gasteiger partial charge in [-0.2, -0.15) is 4.98 Å². The van der Waals surface area contributed by atoms with E-state index in [9.17, 15) is 4.39 Å². The largest absolute Gasteiger partial charge is 0.481 e. The van der Waals surface area contributed by atoms with Crippen LogP contribution in [0.4, 0.5) is 10.3 Å². The third-order valence-electron chi connectivity index (χ3n) is 2.89. The molecule has 20 heavy (non-hydrogen) atoms. The summed E-state index contributed by atoms with van der Waals surface area (Å²) in [7, 11) is 1.50. The van der Waals surface area contributed by atoms with Crippen molar-refractivity contribution < 1.29 is 9.13 Å². The number of fused-ring (bicyclic) bond motifs is 1. The molecule has 0 radical (unpaired) electrons. The first-order valence-electron chi connectivity index (χ1n) is 5.75. The molecule has 0 saturated heterocycles. The van der Waals surface area contributed by atoms with Crippen LogP contribution < -0.4 is 10.5 Å². The number of benzene rings is 1. The lowest BCUT2D eigenvalue weighted by molar-refractivity contribution is 0.399. The molecule has 5 nitrogen and oxygen atoms in total. The molecule has 0 bridgehead atoms. The average molecular weight is 293 g/mol. The van der Waals surface area contributed by atoms with Gasteiger partial charge in [0.05, 0.1) is 17.8 Å². The molecule has 0 spiro atoms. The Balaban J connectivity index is 2.35. The standard InChI is InChI=1S/C13H10ClFN4O/c1-20-10-6-5-8-12(18-10)19(13(16)17-8)9-4-2-3-7(14)11(9)15/h2-6H,1H3,(H2,16,17). The normalized spacial score (nSPS) is 10.9. The second-order valence-corrected chi connectivity index (χ2v) is 4.48. The molecule has 3 rings (SSSR count). The van der Waals surface area contributed by atoms with Gasteiger partial charge in [-0.3, -0.25) is 4.57 Å². The van der Waals surface area contributed by atoms with Crippen molar-refractivity contribution in [2.75, 3.05) is 12.8 Å². The first kappa shape index (κ1) is 12.7. The molecule has 0 saturated carbocycles. The number of nitrogens with two attached hydrogens (primary N) is 1. The van der Waals surface area contributed by atoms with Gasteiger partial charge in [-0.15, -0.1) is 0 Å². The molecule has 0 fully saturated rings. The lowest BCUT2D eigenvalue weighted by Gasteiger charge is -2.08. The highest BCUT2D eigenvalue weighted by molar-refractivity contribution is 6.30. The van der Waals surface area contributed by atoms with Gasteiger partial charge in [-0.05, 0) is 18.2 Å². The van der Waals surface area contributed by atoms with Gasteiger partial charge >= 0.3 is 0 Å². The molecule has 2 heterocycles. The minimum atomic E-state index is -0.579. The molecule has 0 amide bonds. The Labute approximate surface area is 118 Å². The maximum Gasteiger partial charge on any atom is 0.215 e. The third-order valence-corrected chi connectivity index (χ3v) is 3.18. The molecule has 0 aliphatic carbocycles. The highest BCUT2D eigenvalue weighted by Crippen LogP contribution is 2.27. The van der Waals surface area contributed by atoms with Crippen molar-refractivity contribution in [2.24, 2.45) is 0 Å². The Morgan fingerprint density at radius 2 is 2.05 bits per heavy atom. The van der Waals surface area contributed by atoms with E-state index in [-0.39, 0.29) is 16.7 Å². The van der Waals surface area contributed by atoms with Gasteiger partial charge in [0.2, 0.25) is 11.8 Å². The molecule has 0 aliphatic heterocycles. The van der Waals surface area contributed by atoms with E-state index in [2.05, 4.69) is 9.97 Å². The van der Waals surface area contributed by atoms with Crippen LogP contribution in [0.5, 0.6) is 5.88 Å². The monoisotopic (exact) mass is 292 g/mol. The summed E-state index contributed by atoms with van der Waals surface area (Å²) in [6.07, 6.45) is 0. The summed E-state index contributed by atoms with van der Waals surface area (Å²) < 4.78 is 20.6. The Morgan fingerprint density at radius 1 is 1.25 bits per heavy atom. The lowest BCUT2D eigenvalue weighted by atomic mass is 10.3. The van der Waals surface area contributed by atoms with Crippen LogP contribution in [0.3, 0.4) is 0 Å². The number of pyridine rings is 1. The number of aromatic nitrogens is 3. The van der Waals surface area contributed by atoms with Crippen molar-refractivity contribution in [2.45, 2.75) is 0 Å². The van der Waals surface area contributed by atoms with E-state index < -0.39 is 5.82 Å². The Hall–Kier alpha value is -2.34. The molecular weight excluding hydrogens is 283 g/mol. The number of rotatable bonds is 2. The van der Waals surface area contributed by atoms with Gasteiger partial charge in [0, 0.05) is 6.07 Å². The third kappa shape index (κ3) is 1.85. The summed E-state index contributed by atoms with van der Waals surface area (Å²) in [5, 5.41) is 0.00615. The molecule has 102 valence electrons. The van der Waals surface area contributed by atoms with Crippen LogP contribution in [-0.4, -0.2) is 21.6 Å². The van der Waals surface area contributed by atoms with E-state index in [4.69, 9.17) is 22.1 Å². The maximum absolute atomic E-state index is 14.2. The van der Waals surface area contributed by atoms with Crippen LogP contribution in [-0.2, 0) is 0 Å². The lowest BCUT2D eigenvalue weighted by Crippen LogP contribution is -2.04. The zero-order chi connectivity index (χ0) is 14.3. The van der Waals surface area contributed by atoms with Crippen molar-refractivity contribution in [1.29, 1.82) is 0 Å². The van der Waals surface area contributed by atoms with Gasteiger partial charge < -0.3 is 10.5 Å². The number of nitrogens with zero attached hydrogens (tertiary/aromatic N) is 3. The number of hydrogen-bond donors (Lipinski definition) is 1. The van der Waals surface area contributed by atoms with Gasteiger partial charge in [-0.25, -0.2) is 9.37 Å². The minimum absolute atomic E-state index is 0.00615. The molecule has 0 aliphatic rings. The summed E-state index contributed by atoms with van der Waals surface area (Å²) in [4.78, 5) is 8.40. The van der Waals surface area contributed by atoms with Crippen LogP contribution in [0.15, 0.2) is 30.3 Å². The summed E-state index contributed by atoms with van der Waals surface area (Å²) >= 11 is 5.80. The summed E-state index contributed by atoms with van der Waals surface area (Å²) in [6.45, 7) is 0. The number of methoxy groups -OCH3 is 1. The quantitative estimate of drug-likeness (QED) is 0.789. The van der Waals surface area contributed by atoms with E-state index in [1.807, 2.05) is 0 Å². The van der Waals surface area contributed by atoms with Crippen LogP contribution in [0.2, 0.25) is 5.02 Å². The molecule has 2 aromatic heterocycles. The number of ether oxygens (including phenoxy) is 1. The first-order valence-corrected chi connectivity index (χ1v) is 6.13. The second-order valence-electron chi connectivity index (χ2n) is 4.07. The van der Waals surface area contributed by atoms with Crippen LogP contribution in [0.25, 0.3) is 16.9 Å². The molecular formula is C13H10ClFN4O. The molecule has 3 aromatic rings. The van der Waals surface area contributed by atoms with Crippen molar-refractivity contribution in [1.82, 2.24) is 14.5 Å². The molecule has 1 aromatic carbocycles.